The van der Waals surface area contributed by atoms with Gasteiger partial charge in [0.05, 0.1) is 5.69 Å². The van der Waals surface area contributed by atoms with Crippen molar-refractivity contribution in [3.63, 3.8) is 0 Å². The molecule has 0 saturated heterocycles. The highest BCUT2D eigenvalue weighted by atomic mass is 35.5. The van der Waals surface area contributed by atoms with Crippen molar-refractivity contribution in [1.82, 2.24) is 0 Å². The van der Waals surface area contributed by atoms with Gasteiger partial charge >= 0.3 is 0 Å². The normalized spacial score (nSPS) is 9.95. The number of anilines is 1. The summed E-state index contributed by atoms with van der Waals surface area (Å²) in [5, 5.41) is 12.2. The smallest absolute Gasteiger partial charge is 0.227 e. The fourth-order valence-corrected chi connectivity index (χ4v) is 1.93. The van der Waals surface area contributed by atoms with E-state index >= 15 is 0 Å². The molecule has 0 spiro atoms. The quantitative estimate of drug-likeness (QED) is 0.832. The molecular formula is C15H18ClNO2. The number of halogens is 1. The molecule has 0 bridgehead atoms. The molecule has 0 aromatic heterocycles. The molecule has 0 heterocycles. The van der Waals surface area contributed by atoms with Gasteiger partial charge in [0.1, 0.15) is 6.61 Å². The number of hydrogen-bond donors (Lipinski definition) is 2. The van der Waals surface area contributed by atoms with Crippen LogP contribution in [0.2, 0.25) is 5.02 Å². The topological polar surface area (TPSA) is 49.3 Å². The summed E-state index contributed by atoms with van der Waals surface area (Å²) in [6, 6.07) is 5.10. The van der Waals surface area contributed by atoms with E-state index in [0.29, 0.717) is 16.3 Å². The molecular weight excluding hydrogens is 262 g/mol. The lowest BCUT2D eigenvalue weighted by Gasteiger charge is -2.14. The van der Waals surface area contributed by atoms with Crippen LogP contribution in [0, 0.1) is 17.8 Å². The fourth-order valence-electron chi connectivity index (χ4n) is 1.76. The predicted octanol–water partition coefficient (Wildman–Crippen LogP) is 3.06. The Balaban J connectivity index is 2.97. The van der Waals surface area contributed by atoms with E-state index in [1.54, 1.807) is 18.2 Å². The average Bonchev–Trinajstić information content (AvgIpc) is 2.40. The zero-order chi connectivity index (χ0) is 14.3. The number of carbonyl (C=O) groups excluding carboxylic acids is 1. The SMILES string of the molecule is CCC(CC)C(=O)Nc1ccc(Cl)cc1C#CCO. The van der Waals surface area contributed by atoms with E-state index in [4.69, 9.17) is 16.7 Å². The van der Waals surface area contributed by atoms with Gasteiger partial charge in [-0.2, -0.15) is 0 Å². The summed E-state index contributed by atoms with van der Waals surface area (Å²) in [6.45, 7) is 3.75. The van der Waals surface area contributed by atoms with Gasteiger partial charge in [-0.15, -0.1) is 0 Å². The molecule has 0 unspecified atom stereocenters. The summed E-state index contributed by atoms with van der Waals surface area (Å²) in [5.41, 5.74) is 1.24. The van der Waals surface area contributed by atoms with Gasteiger partial charge in [0, 0.05) is 16.5 Å². The highest BCUT2D eigenvalue weighted by Gasteiger charge is 2.15. The Hall–Kier alpha value is -1.50. The maximum Gasteiger partial charge on any atom is 0.227 e. The molecule has 0 fully saturated rings. The summed E-state index contributed by atoms with van der Waals surface area (Å²) in [7, 11) is 0. The number of rotatable bonds is 4. The number of carbonyl (C=O) groups is 1. The maximum absolute atomic E-state index is 12.0. The van der Waals surface area contributed by atoms with E-state index in [2.05, 4.69) is 17.2 Å². The number of aliphatic hydroxyl groups excluding tert-OH is 1. The summed E-state index contributed by atoms with van der Waals surface area (Å²) in [4.78, 5) is 12.0. The number of amides is 1. The Kier molecular flexibility index (Phi) is 6.41. The molecule has 19 heavy (non-hydrogen) atoms. The Morgan fingerprint density at radius 2 is 2.11 bits per heavy atom. The number of aliphatic hydroxyl groups is 1. The molecule has 1 aromatic rings. The molecule has 0 aliphatic heterocycles. The van der Waals surface area contributed by atoms with Crippen LogP contribution >= 0.6 is 11.6 Å². The van der Waals surface area contributed by atoms with Gasteiger partial charge in [-0.1, -0.05) is 37.3 Å². The Bertz CT molecular complexity index is 499. The van der Waals surface area contributed by atoms with Gasteiger partial charge in [0.25, 0.3) is 0 Å². The first-order chi connectivity index (χ1) is 9.12. The van der Waals surface area contributed by atoms with Crippen LogP contribution in [0.25, 0.3) is 0 Å². The van der Waals surface area contributed by atoms with Crippen molar-refractivity contribution in [3.05, 3.63) is 28.8 Å². The largest absolute Gasteiger partial charge is 0.384 e. The first-order valence-corrected chi connectivity index (χ1v) is 6.70. The van der Waals surface area contributed by atoms with Crippen molar-refractivity contribution in [2.24, 2.45) is 5.92 Å². The Morgan fingerprint density at radius 3 is 2.68 bits per heavy atom. The number of hydrogen-bond acceptors (Lipinski definition) is 2. The molecule has 0 saturated carbocycles. The van der Waals surface area contributed by atoms with Crippen molar-refractivity contribution in [3.8, 4) is 11.8 Å². The van der Waals surface area contributed by atoms with Crippen LogP contribution in [0.3, 0.4) is 0 Å². The van der Waals surface area contributed by atoms with Gasteiger partial charge in [0.15, 0.2) is 0 Å². The first kappa shape index (κ1) is 15.6. The molecule has 102 valence electrons. The molecule has 2 N–H and O–H groups in total. The highest BCUT2D eigenvalue weighted by Crippen LogP contribution is 2.21. The van der Waals surface area contributed by atoms with Crippen LogP contribution in [0.4, 0.5) is 5.69 Å². The van der Waals surface area contributed by atoms with E-state index in [1.807, 2.05) is 13.8 Å². The summed E-state index contributed by atoms with van der Waals surface area (Å²) < 4.78 is 0. The van der Waals surface area contributed by atoms with Gasteiger partial charge in [-0.25, -0.2) is 0 Å². The summed E-state index contributed by atoms with van der Waals surface area (Å²) >= 11 is 5.91. The van der Waals surface area contributed by atoms with Crippen molar-refractivity contribution in [1.29, 1.82) is 0 Å². The van der Waals surface area contributed by atoms with Gasteiger partial charge in [-0.3, -0.25) is 4.79 Å². The van der Waals surface area contributed by atoms with E-state index in [9.17, 15) is 4.79 Å². The lowest BCUT2D eigenvalue weighted by Crippen LogP contribution is -2.22. The molecule has 0 radical (unpaired) electrons. The lowest BCUT2D eigenvalue weighted by atomic mass is 10.0. The summed E-state index contributed by atoms with van der Waals surface area (Å²) in [5.74, 6) is 5.32. The third-order valence-corrected chi connectivity index (χ3v) is 3.13. The molecule has 0 atom stereocenters. The minimum atomic E-state index is -0.230. The van der Waals surface area contributed by atoms with Gasteiger partial charge in [-0.05, 0) is 31.0 Å². The van der Waals surface area contributed by atoms with Crippen LogP contribution in [0.1, 0.15) is 32.3 Å². The summed E-state index contributed by atoms with van der Waals surface area (Å²) in [6.07, 6.45) is 1.60. The molecule has 1 aromatic carbocycles. The average molecular weight is 280 g/mol. The van der Waals surface area contributed by atoms with Crippen LogP contribution in [-0.2, 0) is 4.79 Å². The zero-order valence-electron chi connectivity index (χ0n) is 11.2. The maximum atomic E-state index is 12.0. The second-order valence-corrected chi connectivity index (χ2v) is 4.59. The molecule has 4 heteroatoms. The first-order valence-electron chi connectivity index (χ1n) is 6.32. The molecule has 1 amide bonds. The molecule has 1 rings (SSSR count). The van der Waals surface area contributed by atoms with Gasteiger partial charge in [0.2, 0.25) is 5.91 Å². The predicted molar refractivity (Wildman–Crippen MR) is 78.1 cm³/mol. The van der Waals surface area contributed by atoms with Crippen molar-refractivity contribution >= 4 is 23.2 Å². The lowest BCUT2D eigenvalue weighted by molar-refractivity contribution is -0.120. The van der Waals surface area contributed by atoms with E-state index in [1.165, 1.54) is 0 Å². The van der Waals surface area contributed by atoms with Crippen molar-refractivity contribution < 1.29 is 9.90 Å². The molecule has 3 nitrogen and oxygen atoms in total. The number of benzene rings is 1. The fraction of sp³-hybridized carbons (Fsp3) is 0.400. The standard InChI is InChI=1S/C15H18ClNO2/c1-3-11(4-2)15(19)17-14-8-7-13(16)10-12(14)6-5-9-18/h7-8,10-11,18H,3-4,9H2,1-2H3,(H,17,19). The Labute approximate surface area is 119 Å². The zero-order valence-corrected chi connectivity index (χ0v) is 11.9. The van der Waals surface area contributed by atoms with Crippen LogP contribution < -0.4 is 5.32 Å². The minimum Gasteiger partial charge on any atom is -0.384 e. The minimum absolute atomic E-state index is 0.00525. The van der Waals surface area contributed by atoms with Crippen LogP contribution in [0.5, 0.6) is 0 Å². The number of nitrogens with one attached hydrogen (secondary N) is 1. The third-order valence-electron chi connectivity index (χ3n) is 2.90. The van der Waals surface area contributed by atoms with E-state index < -0.39 is 0 Å². The van der Waals surface area contributed by atoms with E-state index in [0.717, 1.165) is 12.8 Å². The second-order valence-electron chi connectivity index (χ2n) is 4.15. The van der Waals surface area contributed by atoms with Crippen LogP contribution in [0.15, 0.2) is 18.2 Å². The van der Waals surface area contributed by atoms with E-state index in [-0.39, 0.29) is 18.4 Å². The van der Waals surface area contributed by atoms with Crippen molar-refractivity contribution in [2.75, 3.05) is 11.9 Å². The molecule has 0 aliphatic carbocycles. The van der Waals surface area contributed by atoms with Crippen molar-refractivity contribution in [2.45, 2.75) is 26.7 Å². The molecule has 0 aliphatic rings. The second kappa shape index (κ2) is 7.83. The Morgan fingerprint density at radius 1 is 1.42 bits per heavy atom. The van der Waals surface area contributed by atoms with Crippen LogP contribution in [-0.4, -0.2) is 17.6 Å². The monoisotopic (exact) mass is 279 g/mol. The van der Waals surface area contributed by atoms with Gasteiger partial charge < -0.3 is 10.4 Å². The highest BCUT2D eigenvalue weighted by molar-refractivity contribution is 6.30. The third kappa shape index (κ3) is 4.59.